The van der Waals surface area contributed by atoms with Crippen LogP contribution in [-0.4, -0.2) is 70.7 Å². The molecule has 41 heavy (non-hydrogen) atoms. The number of fused-ring (bicyclic) bond motifs is 1. The second-order valence-corrected chi connectivity index (χ2v) is 11.8. The SMILES string of the molecule is COc1cccc(Nc2nc([C@@H](C)N3CCN(S(=O)(=O)c4ccc(-n5cccn5)cc4)CC3)nc3ccccc23)c1. The lowest BCUT2D eigenvalue weighted by Crippen LogP contribution is -2.49. The van der Waals surface area contributed by atoms with Crippen LogP contribution in [0.25, 0.3) is 16.6 Å². The molecular formula is C30H31N7O3S. The molecule has 0 spiro atoms. The summed E-state index contributed by atoms with van der Waals surface area (Å²) in [4.78, 5) is 12.3. The summed E-state index contributed by atoms with van der Waals surface area (Å²) in [5.74, 6) is 2.15. The van der Waals surface area contributed by atoms with Crippen LogP contribution in [0.15, 0.2) is 96.2 Å². The second-order valence-electron chi connectivity index (χ2n) is 9.87. The fourth-order valence-electron chi connectivity index (χ4n) is 5.05. The van der Waals surface area contributed by atoms with Crippen LogP contribution in [-0.2, 0) is 10.0 Å². The van der Waals surface area contributed by atoms with E-state index < -0.39 is 10.0 Å². The Balaban J connectivity index is 1.18. The number of rotatable bonds is 8. The van der Waals surface area contributed by atoms with Crippen molar-refractivity contribution in [2.24, 2.45) is 0 Å². The molecule has 2 aromatic heterocycles. The van der Waals surface area contributed by atoms with E-state index in [-0.39, 0.29) is 10.9 Å². The molecule has 210 valence electrons. The summed E-state index contributed by atoms with van der Waals surface area (Å²) in [5, 5.41) is 8.55. The highest BCUT2D eigenvalue weighted by Crippen LogP contribution is 2.29. The van der Waals surface area contributed by atoms with Crippen LogP contribution in [0.3, 0.4) is 0 Å². The summed E-state index contributed by atoms with van der Waals surface area (Å²) in [5.41, 5.74) is 2.51. The molecule has 3 aromatic carbocycles. The molecule has 0 bridgehead atoms. The standard InChI is InChI=1S/C30H31N7O3S/c1-22(29-33-28-10-4-3-9-27(28)30(34-29)32-23-7-5-8-25(21-23)40-2)35-17-19-36(20-18-35)41(38,39)26-13-11-24(12-14-26)37-16-6-15-31-37/h3-16,21-22H,17-20H2,1-2H3,(H,32,33,34)/t22-/m1/s1. The predicted octanol–water partition coefficient (Wildman–Crippen LogP) is 4.64. The lowest BCUT2D eigenvalue weighted by molar-refractivity contribution is 0.141. The van der Waals surface area contributed by atoms with Gasteiger partial charge in [0.05, 0.1) is 29.3 Å². The highest BCUT2D eigenvalue weighted by molar-refractivity contribution is 7.89. The zero-order chi connectivity index (χ0) is 28.4. The number of methoxy groups -OCH3 is 1. The Kier molecular flexibility index (Phi) is 7.39. The van der Waals surface area contributed by atoms with Crippen LogP contribution >= 0.6 is 0 Å². The van der Waals surface area contributed by atoms with Crippen LogP contribution < -0.4 is 10.1 Å². The van der Waals surface area contributed by atoms with Gasteiger partial charge in [0.25, 0.3) is 0 Å². The number of aromatic nitrogens is 4. The first-order valence-corrected chi connectivity index (χ1v) is 14.9. The van der Waals surface area contributed by atoms with Crippen LogP contribution in [0.4, 0.5) is 11.5 Å². The molecule has 1 aliphatic rings. The second kappa shape index (κ2) is 11.3. The summed E-state index contributed by atoms with van der Waals surface area (Å²) in [6, 6.07) is 24.2. The fraction of sp³-hybridized carbons (Fsp3) is 0.233. The average Bonchev–Trinajstić information content (AvgIpc) is 3.56. The molecule has 1 N–H and O–H groups in total. The van der Waals surface area contributed by atoms with Crippen molar-refractivity contribution in [3.05, 3.63) is 97.1 Å². The number of nitrogens with zero attached hydrogens (tertiary/aromatic N) is 6. The van der Waals surface area contributed by atoms with Gasteiger partial charge in [0, 0.05) is 55.7 Å². The van der Waals surface area contributed by atoms with Gasteiger partial charge in [-0.3, -0.25) is 4.90 Å². The number of piperazine rings is 1. The van der Waals surface area contributed by atoms with Crippen LogP contribution in [0, 0.1) is 0 Å². The molecule has 1 atom stereocenters. The molecule has 10 nitrogen and oxygen atoms in total. The Morgan fingerprint density at radius 3 is 2.41 bits per heavy atom. The van der Waals surface area contributed by atoms with Crippen molar-refractivity contribution in [1.82, 2.24) is 29.0 Å². The number of sulfonamides is 1. The molecule has 6 rings (SSSR count). The Labute approximate surface area is 239 Å². The molecule has 3 heterocycles. The molecular weight excluding hydrogens is 538 g/mol. The first-order valence-electron chi connectivity index (χ1n) is 13.4. The van der Waals surface area contributed by atoms with Gasteiger partial charge in [-0.1, -0.05) is 18.2 Å². The third-order valence-electron chi connectivity index (χ3n) is 7.39. The first kappa shape index (κ1) is 26.9. The molecule has 0 aliphatic carbocycles. The maximum absolute atomic E-state index is 13.4. The van der Waals surface area contributed by atoms with Gasteiger partial charge in [-0.2, -0.15) is 9.40 Å². The van der Waals surface area contributed by atoms with Gasteiger partial charge in [-0.05, 0) is 61.5 Å². The number of para-hydroxylation sites is 1. The van der Waals surface area contributed by atoms with E-state index in [9.17, 15) is 8.42 Å². The minimum Gasteiger partial charge on any atom is -0.497 e. The van der Waals surface area contributed by atoms with Gasteiger partial charge >= 0.3 is 0 Å². The van der Waals surface area contributed by atoms with Crippen molar-refractivity contribution in [2.75, 3.05) is 38.6 Å². The fourth-order valence-corrected chi connectivity index (χ4v) is 6.47. The minimum atomic E-state index is -3.61. The first-order chi connectivity index (χ1) is 19.9. The highest BCUT2D eigenvalue weighted by atomic mass is 32.2. The number of hydrogen-bond acceptors (Lipinski definition) is 8. The summed E-state index contributed by atoms with van der Waals surface area (Å²) >= 11 is 0. The van der Waals surface area contributed by atoms with Crippen molar-refractivity contribution in [1.29, 1.82) is 0 Å². The van der Waals surface area contributed by atoms with Crippen molar-refractivity contribution < 1.29 is 13.2 Å². The normalized spacial score (nSPS) is 15.6. The molecule has 0 radical (unpaired) electrons. The molecule has 5 aromatic rings. The largest absolute Gasteiger partial charge is 0.497 e. The summed E-state index contributed by atoms with van der Waals surface area (Å²) < 4.78 is 35.4. The predicted molar refractivity (Wildman–Crippen MR) is 158 cm³/mol. The van der Waals surface area contributed by atoms with Crippen LogP contribution in [0.5, 0.6) is 5.75 Å². The number of hydrogen-bond donors (Lipinski definition) is 1. The maximum atomic E-state index is 13.4. The smallest absolute Gasteiger partial charge is 0.243 e. The van der Waals surface area contributed by atoms with E-state index in [1.54, 1.807) is 46.6 Å². The number of nitrogens with one attached hydrogen (secondary N) is 1. The lowest BCUT2D eigenvalue weighted by atomic mass is 10.2. The topological polar surface area (TPSA) is 105 Å². The van der Waals surface area contributed by atoms with Crippen molar-refractivity contribution in [3.8, 4) is 11.4 Å². The van der Waals surface area contributed by atoms with E-state index in [1.165, 1.54) is 0 Å². The van der Waals surface area contributed by atoms with E-state index >= 15 is 0 Å². The molecule has 11 heteroatoms. The van der Waals surface area contributed by atoms with Gasteiger partial charge < -0.3 is 10.1 Å². The Bertz CT molecular complexity index is 1750. The van der Waals surface area contributed by atoms with Gasteiger partial charge in [-0.25, -0.2) is 23.1 Å². The van der Waals surface area contributed by atoms with E-state index in [4.69, 9.17) is 14.7 Å². The monoisotopic (exact) mass is 569 g/mol. The summed E-state index contributed by atoms with van der Waals surface area (Å²) in [6.07, 6.45) is 3.51. The molecule has 0 unspecified atom stereocenters. The number of ether oxygens (including phenoxy) is 1. The Hall–Kier alpha value is -4.32. The van der Waals surface area contributed by atoms with Crippen molar-refractivity contribution in [3.63, 3.8) is 0 Å². The number of anilines is 2. The molecule has 1 aliphatic heterocycles. The van der Waals surface area contributed by atoms with Gasteiger partial charge in [0.2, 0.25) is 10.0 Å². The zero-order valence-corrected chi connectivity index (χ0v) is 23.7. The van der Waals surface area contributed by atoms with E-state index in [1.807, 2.05) is 60.8 Å². The number of benzene rings is 3. The van der Waals surface area contributed by atoms with E-state index in [0.29, 0.717) is 37.8 Å². The van der Waals surface area contributed by atoms with E-state index in [0.717, 1.165) is 28.0 Å². The van der Waals surface area contributed by atoms with E-state index in [2.05, 4.69) is 22.2 Å². The third kappa shape index (κ3) is 5.51. The zero-order valence-electron chi connectivity index (χ0n) is 22.9. The molecule has 0 amide bonds. The maximum Gasteiger partial charge on any atom is 0.243 e. The third-order valence-corrected chi connectivity index (χ3v) is 9.30. The summed E-state index contributed by atoms with van der Waals surface area (Å²) in [7, 11) is -1.97. The Morgan fingerprint density at radius 2 is 1.68 bits per heavy atom. The quantitative estimate of drug-likeness (QED) is 0.288. The Morgan fingerprint density at radius 1 is 0.902 bits per heavy atom. The van der Waals surface area contributed by atoms with Gasteiger partial charge in [0.15, 0.2) is 0 Å². The highest BCUT2D eigenvalue weighted by Gasteiger charge is 2.31. The molecule has 0 saturated carbocycles. The minimum absolute atomic E-state index is 0.108. The van der Waals surface area contributed by atoms with Crippen molar-refractivity contribution in [2.45, 2.75) is 17.9 Å². The molecule has 1 saturated heterocycles. The van der Waals surface area contributed by atoms with Gasteiger partial charge in [0.1, 0.15) is 17.4 Å². The van der Waals surface area contributed by atoms with Crippen LogP contribution in [0.2, 0.25) is 0 Å². The lowest BCUT2D eigenvalue weighted by Gasteiger charge is -2.36. The average molecular weight is 570 g/mol. The summed E-state index contributed by atoms with van der Waals surface area (Å²) in [6.45, 7) is 3.98. The van der Waals surface area contributed by atoms with Crippen molar-refractivity contribution >= 4 is 32.4 Å². The van der Waals surface area contributed by atoms with Crippen LogP contribution in [0.1, 0.15) is 18.8 Å². The molecule has 1 fully saturated rings. The van der Waals surface area contributed by atoms with Gasteiger partial charge in [-0.15, -0.1) is 0 Å².